The number of rotatable bonds is 6. The first-order chi connectivity index (χ1) is 16.7. The van der Waals surface area contributed by atoms with Crippen LogP contribution in [0, 0.1) is 20.8 Å². The molecule has 0 unspecified atom stereocenters. The van der Waals surface area contributed by atoms with Crippen molar-refractivity contribution in [3.63, 3.8) is 0 Å². The molecule has 2 aromatic carbocycles. The van der Waals surface area contributed by atoms with Crippen molar-refractivity contribution in [1.29, 1.82) is 0 Å². The van der Waals surface area contributed by atoms with Crippen LogP contribution in [0.25, 0.3) is 16.6 Å². The Kier molecular flexibility index (Phi) is 6.29. The van der Waals surface area contributed by atoms with Gasteiger partial charge in [0.15, 0.2) is 10.8 Å². The molecule has 0 spiro atoms. The highest BCUT2D eigenvalue weighted by Crippen LogP contribution is 2.29. The van der Waals surface area contributed by atoms with Gasteiger partial charge in [-0.3, -0.25) is 9.20 Å². The molecule has 0 bridgehead atoms. The van der Waals surface area contributed by atoms with Crippen LogP contribution in [0.2, 0.25) is 0 Å². The van der Waals surface area contributed by atoms with Crippen molar-refractivity contribution in [3.8, 4) is 0 Å². The average Bonchev–Trinajstić information content (AvgIpc) is 3.49. The van der Waals surface area contributed by atoms with Crippen molar-refractivity contribution in [1.82, 2.24) is 18.9 Å². The number of carbonyl (C=O) groups is 1. The number of sulfonamides is 1. The fraction of sp³-hybridized carbons (Fsp3) is 0.320. The van der Waals surface area contributed by atoms with Gasteiger partial charge in [0.05, 0.1) is 16.2 Å². The molecule has 1 saturated heterocycles. The monoisotopic (exact) mass is 509 g/mol. The Bertz CT molecular complexity index is 1540. The standard InChI is InChI=1S/C25H27N5O3S2/c1-16-12-18(3)24-21(13-16)17(2)14-22-27-28-25(30(22)24)34-15-23(31)26-19-6-8-20(9-7-19)35(32,33)29-10-4-5-11-29/h6-9,12-14H,4-5,10-11,15H2,1-3H3,(H,26,31). The number of nitrogens with one attached hydrogen (secondary N) is 1. The summed E-state index contributed by atoms with van der Waals surface area (Å²) in [5.74, 6) is -0.0552. The summed E-state index contributed by atoms with van der Waals surface area (Å²) in [5, 5.41) is 13.3. The van der Waals surface area contributed by atoms with Gasteiger partial charge in [0.2, 0.25) is 15.9 Å². The summed E-state index contributed by atoms with van der Waals surface area (Å²) in [4.78, 5) is 12.9. The van der Waals surface area contributed by atoms with E-state index in [0.29, 0.717) is 23.9 Å². The van der Waals surface area contributed by atoms with Crippen molar-refractivity contribution < 1.29 is 13.2 Å². The van der Waals surface area contributed by atoms with Gasteiger partial charge >= 0.3 is 0 Å². The molecule has 35 heavy (non-hydrogen) atoms. The zero-order chi connectivity index (χ0) is 24.7. The minimum absolute atomic E-state index is 0.148. The largest absolute Gasteiger partial charge is 0.325 e. The van der Waals surface area contributed by atoms with Crippen LogP contribution in [-0.2, 0) is 14.8 Å². The molecule has 182 valence electrons. The molecular formula is C25H27N5O3S2. The number of anilines is 1. The molecule has 0 radical (unpaired) electrons. The van der Waals surface area contributed by atoms with Crippen LogP contribution in [0.15, 0.2) is 52.5 Å². The first kappa shape index (κ1) is 23.8. The summed E-state index contributed by atoms with van der Waals surface area (Å²) in [5.41, 5.74) is 5.81. The molecular weight excluding hydrogens is 482 g/mol. The SMILES string of the molecule is Cc1cc(C)c2c(c1)c(C)cc1nnc(SCC(=O)Nc3ccc(S(=O)(=O)N4CCCC4)cc3)n12. The van der Waals surface area contributed by atoms with Gasteiger partial charge in [0.25, 0.3) is 0 Å². The van der Waals surface area contributed by atoms with Gasteiger partial charge in [-0.05, 0) is 81.1 Å². The molecule has 10 heteroatoms. The fourth-order valence-corrected chi connectivity index (χ4v) is 6.88. The Morgan fingerprint density at radius 3 is 2.43 bits per heavy atom. The second-order valence-electron chi connectivity index (χ2n) is 8.95. The number of hydrogen-bond donors (Lipinski definition) is 1. The minimum atomic E-state index is -3.47. The summed E-state index contributed by atoms with van der Waals surface area (Å²) < 4.78 is 28.9. The molecule has 1 amide bonds. The van der Waals surface area contributed by atoms with Gasteiger partial charge in [-0.25, -0.2) is 8.42 Å². The number of nitrogens with zero attached hydrogens (tertiary/aromatic N) is 4. The Morgan fingerprint density at radius 1 is 1.00 bits per heavy atom. The molecule has 1 aliphatic rings. The van der Waals surface area contributed by atoms with Gasteiger partial charge < -0.3 is 5.32 Å². The molecule has 1 aliphatic heterocycles. The van der Waals surface area contributed by atoms with Crippen LogP contribution in [-0.4, -0.2) is 52.1 Å². The number of amides is 1. The van der Waals surface area contributed by atoms with Crippen molar-refractivity contribution in [2.45, 2.75) is 43.7 Å². The summed E-state index contributed by atoms with van der Waals surface area (Å²) in [6.45, 7) is 7.34. The third kappa shape index (κ3) is 4.53. The second kappa shape index (κ2) is 9.25. The number of aromatic nitrogens is 3. The molecule has 1 fully saturated rings. The number of thioether (sulfide) groups is 1. The number of pyridine rings is 1. The topological polar surface area (TPSA) is 96.7 Å². The number of carbonyl (C=O) groups excluding carboxylic acids is 1. The zero-order valence-corrected chi connectivity index (χ0v) is 21.5. The third-order valence-electron chi connectivity index (χ3n) is 6.27. The summed E-state index contributed by atoms with van der Waals surface area (Å²) in [7, 11) is -3.47. The Hall–Kier alpha value is -2.95. The van der Waals surface area contributed by atoms with Crippen molar-refractivity contribution >= 4 is 49.9 Å². The predicted molar refractivity (Wildman–Crippen MR) is 138 cm³/mol. The Labute approximate surface area is 208 Å². The number of benzene rings is 2. The molecule has 1 N–H and O–H groups in total. The molecule has 4 aromatic rings. The van der Waals surface area contributed by atoms with Crippen LogP contribution in [0.1, 0.15) is 29.5 Å². The van der Waals surface area contributed by atoms with Crippen LogP contribution < -0.4 is 5.32 Å². The van der Waals surface area contributed by atoms with Gasteiger partial charge in [0.1, 0.15) is 0 Å². The number of hydrogen-bond acceptors (Lipinski definition) is 6. The lowest BCUT2D eigenvalue weighted by Crippen LogP contribution is -2.27. The molecule has 5 rings (SSSR count). The van der Waals surface area contributed by atoms with Crippen molar-refractivity contribution in [3.05, 3.63) is 59.2 Å². The maximum absolute atomic E-state index is 12.7. The van der Waals surface area contributed by atoms with Gasteiger partial charge in [-0.1, -0.05) is 23.4 Å². The maximum Gasteiger partial charge on any atom is 0.243 e. The van der Waals surface area contributed by atoms with E-state index in [-0.39, 0.29) is 16.6 Å². The van der Waals surface area contributed by atoms with E-state index in [2.05, 4.69) is 48.4 Å². The second-order valence-corrected chi connectivity index (χ2v) is 11.8. The number of aryl methyl sites for hydroxylation is 3. The molecule has 0 atom stereocenters. The fourth-order valence-electron chi connectivity index (χ4n) is 4.62. The van der Waals surface area contributed by atoms with Crippen LogP contribution in [0.5, 0.6) is 0 Å². The molecule has 0 aliphatic carbocycles. The van der Waals surface area contributed by atoms with Gasteiger partial charge in [-0.2, -0.15) is 4.31 Å². The summed E-state index contributed by atoms with van der Waals surface area (Å²) in [6.07, 6.45) is 1.78. The summed E-state index contributed by atoms with van der Waals surface area (Å²) in [6, 6.07) is 12.6. The van der Waals surface area contributed by atoms with Crippen LogP contribution in [0.3, 0.4) is 0 Å². The lowest BCUT2D eigenvalue weighted by molar-refractivity contribution is -0.113. The highest BCUT2D eigenvalue weighted by Gasteiger charge is 2.27. The van der Waals surface area contributed by atoms with Crippen LogP contribution >= 0.6 is 11.8 Å². The van der Waals surface area contributed by atoms with Crippen molar-refractivity contribution in [2.24, 2.45) is 0 Å². The first-order valence-corrected chi connectivity index (χ1v) is 14.0. The quantitative estimate of drug-likeness (QED) is 0.389. The molecule has 8 nitrogen and oxygen atoms in total. The molecule has 3 heterocycles. The third-order valence-corrected chi connectivity index (χ3v) is 9.11. The van der Waals surface area contributed by atoms with E-state index in [1.807, 2.05) is 10.5 Å². The average molecular weight is 510 g/mol. The van der Waals surface area contributed by atoms with E-state index < -0.39 is 10.0 Å². The van der Waals surface area contributed by atoms with E-state index in [0.717, 1.165) is 40.5 Å². The van der Waals surface area contributed by atoms with E-state index in [1.54, 1.807) is 24.3 Å². The van der Waals surface area contributed by atoms with E-state index in [1.165, 1.54) is 21.6 Å². The maximum atomic E-state index is 12.7. The lowest BCUT2D eigenvalue weighted by Gasteiger charge is -2.15. The first-order valence-electron chi connectivity index (χ1n) is 11.5. The highest BCUT2D eigenvalue weighted by molar-refractivity contribution is 7.99. The zero-order valence-electron chi connectivity index (χ0n) is 19.9. The molecule has 2 aromatic heterocycles. The van der Waals surface area contributed by atoms with E-state index >= 15 is 0 Å². The van der Waals surface area contributed by atoms with E-state index in [9.17, 15) is 13.2 Å². The van der Waals surface area contributed by atoms with Gasteiger partial charge in [0, 0.05) is 24.2 Å². The smallest absolute Gasteiger partial charge is 0.243 e. The number of fused-ring (bicyclic) bond motifs is 3. The Morgan fingerprint density at radius 2 is 1.71 bits per heavy atom. The lowest BCUT2D eigenvalue weighted by atomic mass is 10.0. The van der Waals surface area contributed by atoms with Crippen LogP contribution in [0.4, 0.5) is 5.69 Å². The minimum Gasteiger partial charge on any atom is -0.325 e. The normalized spacial score (nSPS) is 14.7. The van der Waals surface area contributed by atoms with E-state index in [4.69, 9.17) is 0 Å². The van der Waals surface area contributed by atoms with Gasteiger partial charge in [-0.15, -0.1) is 10.2 Å². The van der Waals surface area contributed by atoms with Crippen molar-refractivity contribution in [2.75, 3.05) is 24.2 Å². The predicted octanol–water partition coefficient (Wildman–Crippen LogP) is 4.32. The molecule has 0 saturated carbocycles. The Balaban J connectivity index is 1.31. The highest BCUT2D eigenvalue weighted by atomic mass is 32.2. The summed E-state index contributed by atoms with van der Waals surface area (Å²) >= 11 is 1.32.